The third-order valence-electron chi connectivity index (χ3n) is 0.884. The van der Waals surface area contributed by atoms with E-state index < -0.39 is 5.97 Å². The maximum absolute atomic E-state index is 10.1. The maximum Gasteiger partial charge on any atom is 0.354 e. The van der Waals surface area contributed by atoms with E-state index in [-0.39, 0.29) is 30.5 Å². The molecular formula is C6H7Cl2NO2. The Labute approximate surface area is 76.3 Å². The minimum atomic E-state index is -0.990. The molecule has 62 valence electrons. The van der Waals surface area contributed by atoms with Crippen molar-refractivity contribution >= 4 is 30.8 Å². The van der Waals surface area contributed by atoms with Gasteiger partial charge in [-0.25, -0.2) is 9.78 Å². The van der Waals surface area contributed by atoms with Crippen LogP contribution in [0.1, 0.15) is 10.5 Å². The summed E-state index contributed by atoms with van der Waals surface area (Å²) in [4.78, 5) is 13.7. The fourth-order valence-electron chi connectivity index (χ4n) is 0.489. The molecule has 0 amide bonds. The van der Waals surface area contributed by atoms with E-state index in [1.165, 1.54) is 12.3 Å². The Morgan fingerprint density at radius 1 is 1.36 bits per heavy atom. The van der Waals surface area contributed by atoms with Gasteiger partial charge in [-0.3, -0.25) is 0 Å². The van der Waals surface area contributed by atoms with Crippen molar-refractivity contribution in [3.05, 3.63) is 30.1 Å². The molecule has 3 nitrogen and oxygen atoms in total. The van der Waals surface area contributed by atoms with Gasteiger partial charge in [-0.15, -0.1) is 24.8 Å². The zero-order valence-corrected chi connectivity index (χ0v) is 7.06. The third kappa shape index (κ3) is 3.80. The van der Waals surface area contributed by atoms with Crippen molar-refractivity contribution in [1.82, 2.24) is 4.98 Å². The van der Waals surface area contributed by atoms with Crippen LogP contribution < -0.4 is 0 Å². The van der Waals surface area contributed by atoms with Gasteiger partial charge in [-0.05, 0) is 12.1 Å². The van der Waals surface area contributed by atoms with Gasteiger partial charge in [0, 0.05) is 6.20 Å². The largest absolute Gasteiger partial charge is 0.477 e. The van der Waals surface area contributed by atoms with E-state index in [9.17, 15) is 4.79 Å². The van der Waals surface area contributed by atoms with Crippen molar-refractivity contribution in [1.29, 1.82) is 0 Å². The van der Waals surface area contributed by atoms with Gasteiger partial charge in [0.2, 0.25) is 0 Å². The topological polar surface area (TPSA) is 50.2 Å². The molecule has 0 aromatic carbocycles. The Bertz CT molecular complexity index is 215. The summed E-state index contributed by atoms with van der Waals surface area (Å²) in [5.41, 5.74) is 0.0810. The van der Waals surface area contributed by atoms with Gasteiger partial charge in [0.15, 0.2) is 0 Å². The van der Waals surface area contributed by atoms with Crippen LogP contribution in [0.25, 0.3) is 0 Å². The first-order valence-electron chi connectivity index (χ1n) is 2.45. The molecule has 0 saturated heterocycles. The van der Waals surface area contributed by atoms with Crippen LogP contribution in [0.5, 0.6) is 0 Å². The first-order valence-corrected chi connectivity index (χ1v) is 2.45. The average Bonchev–Trinajstić information content (AvgIpc) is 1.90. The smallest absolute Gasteiger partial charge is 0.354 e. The molecule has 1 aromatic heterocycles. The highest BCUT2D eigenvalue weighted by molar-refractivity contribution is 5.85. The molecule has 0 atom stereocenters. The molecule has 11 heavy (non-hydrogen) atoms. The van der Waals surface area contributed by atoms with Crippen LogP contribution in [0.3, 0.4) is 0 Å². The third-order valence-corrected chi connectivity index (χ3v) is 0.884. The highest BCUT2D eigenvalue weighted by Gasteiger charge is 1.98. The number of carboxylic acid groups (broad SMARTS) is 1. The van der Waals surface area contributed by atoms with Crippen molar-refractivity contribution in [2.45, 2.75) is 0 Å². The van der Waals surface area contributed by atoms with Gasteiger partial charge < -0.3 is 5.11 Å². The molecule has 0 saturated carbocycles. The van der Waals surface area contributed by atoms with E-state index in [1.807, 2.05) is 0 Å². The lowest BCUT2D eigenvalue weighted by atomic mass is 10.4. The Morgan fingerprint density at radius 3 is 2.27 bits per heavy atom. The summed E-state index contributed by atoms with van der Waals surface area (Å²) in [5.74, 6) is -0.990. The predicted molar refractivity (Wildman–Crippen MR) is 45.7 cm³/mol. The molecule has 1 aromatic rings. The summed E-state index contributed by atoms with van der Waals surface area (Å²) in [6.07, 6.45) is 1.45. The zero-order chi connectivity index (χ0) is 6.69. The second kappa shape index (κ2) is 5.95. The van der Waals surface area contributed by atoms with E-state index in [1.54, 1.807) is 12.1 Å². The summed E-state index contributed by atoms with van der Waals surface area (Å²) in [5, 5.41) is 8.32. The van der Waals surface area contributed by atoms with E-state index in [0.717, 1.165) is 0 Å². The summed E-state index contributed by atoms with van der Waals surface area (Å²) in [6, 6.07) is 4.76. The van der Waals surface area contributed by atoms with E-state index in [4.69, 9.17) is 5.11 Å². The van der Waals surface area contributed by atoms with E-state index in [0.29, 0.717) is 0 Å². The summed E-state index contributed by atoms with van der Waals surface area (Å²) < 4.78 is 0. The van der Waals surface area contributed by atoms with Gasteiger partial charge in [-0.2, -0.15) is 0 Å². The second-order valence-electron chi connectivity index (χ2n) is 1.52. The highest BCUT2D eigenvalue weighted by Crippen LogP contribution is 1.90. The van der Waals surface area contributed by atoms with Crippen LogP contribution in [0.4, 0.5) is 0 Å². The molecule has 1 N–H and O–H groups in total. The molecule has 0 unspecified atom stereocenters. The molecule has 0 bridgehead atoms. The number of halogens is 2. The summed E-state index contributed by atoms with van der Waals surface area (Å²) >= 11 is 0. The fourth-order valence-corrected chi connectivity index (χ4v) is 0.489. The average molecular weight is 196 g/mol. The lowest BCUT2D eigenvalue weighted by Gasteiger charge is -1.87. The van der Waals surface area contributed by atoms with Gasteiger partial charge >= 0.3 is 5.97 Å². The number of carbonyl (C=O) groups is 1. The first-order chi connectivity index (χ1) is 4.30. The Balaban J connectivity index is 0. The monoisotopic (exact) mass is 195 g/mol. The van der Waals surface area contributed by atoms with Gasteiger partial charge in [0.1, 0.15) is 5.69 Å². The Hall–Kier alpha value is -0.800. The fraction of sp³-hybridized carbons (Fsp3) is 0. The molecule has 5 heteroatoms. The molecule has 1 rings (SSSR count). The number of pyridine rings is 1. The molecule has 0 radical (unpaired) electrons. The van der Waals surface area contributed by atoms with Crippen LogP contribution in [0.2, 0.25) is 0 Å². The summed E-state index contributed by atoms with van der Waals surface area (Å²) in [6.45, 7) is 0. The number of hydrogen-bond donors (Lipinski definition) is 1. The van der Waals surface area contributed by atoms with Crippen LogP contribution in [-0.2, 0) is 0 Å². The quantitative estimate of drug-likeness (QED) is 0.742. The summed E-state index contributed by atoms with van der Waals surface area (Å²) in [7, 11) is 0. The van der Waals surface area contributed by atoms with Crippen molar-refractivity contribution < 1.29 is 9.90 Å². The van der Waals surface area contributed by atoms with Gasteiger partial charge in [0.25, 0.3) is 0 Å². The number of aromatic nitrogens is 1. The van der Waals surface area contributed by atoms with Crippen LogP contribution in [0, 0.1) is 0 Å². The predicted octanol–water partition coefficient (Wildman–Crippen LogP) is 1.62. The molecule has 0 aliphatic heterocycles. The Kier molecular flexibility index (Phi) is 6.94. The molecular weight excluding hydrogens is 189 g/mol. The molecule has 0 spiro atoms. The maximum atomic E-state index is 10.1. The molecule has 0 fully saturated rings. The molecule has 0 aliphatic carbocycles. The standard InChI is InChI=1S/C6H5NO2.2ClH/c8-6(9)5-3-1-2-4-7-5;;/h1-4H,(H,8,9);2*1H. The van der Waals surface area contributed by atoms with Crippen LogP contribution >= 0.6 is 24.8 Å². The minimum absolute atomic E-state index is 0. The number of hydrogen-bond acceptors (Lipinski definition) is 2. The van der Waals surface area contributed by atoms with Gasteiger partial charge in [0.05, 0.1) is 0 Å². The zero-order valence-electron chi connectivity index (χ0n) is 5.43. The lowest BCUT2D eigenvalue weighted by Crippen LogP contribution is -1.97. The molecule has 1 heterocycles. The van der Waals surface area contributed by atoms with Crippen molar-refractivity contribution in [2.75, 3.05) is 0 Å². The highest BCUT2D eigenvalue weighted by atomic mass is 35.5. The second-order valence-corrected chi connectivity index (χ2v) is 1.52. The van der Waals surface area contributed by atoms with Crippen molar-refractivity contribution in [3.8, 4) is 0 Å². The van der Waals surface area contributed by atoms with E-state index in [2.05, 4.69) is 4.98 Å². The normalized spacial score (nSPS) is 7.27. The molecule has 0 aliphatic rings. The lowest BCUT2D eigenvalue weighted by molar-refractivity contribution is 0.0690. The number of rotatable bonds is 1. The minimum Gasteiger partial charge on any atom is -0.477 e. The van der Waals surface area contributed by atoms with Crippen molar-refractivity contribution in [2.24, 2.45) is 0 Å². The van der Waals surface area contributed by atoms with Gasteiger partial charge in [-0.1, -0.05) is 6.07 Å². The SMILES string of the molecule is Cl.Cl.O=C(O)c1ccccn1. The number of carboxylic acids is 1. The van der Waals surface area contributed by atoms with Crippen LogP contribution in [0.15, 0.2) is 24.4 Å². The van der Waals surface area contributed by atoms with Crippen LogP contribution in [-0.4, -0.2) is 16.1 Å². The number of nitrogens with zero attached hydrogens (tertiary/aromatic N) is 1. The van der Waals surface area contributed by atoms with E-state index >= 15 is 0 Å². The van der Waals surface area contributed by atoms with Crippen molar-refractivity contribution in [3.63, 3.8) is 0 Å². The Morgan fingerprint density at radius 2 is 2.00 bits per heavy atom. The number of aromatic carboxylic acids is 1. The first kappa shape index (κ1) is 12.8.